The minimum absolute atomic E-state index is 0.0249. The number of imidazole rings is 1. The van der Waals surface area contributed by atoms with Crippen molar-refractivity contribution in [2.24, 2.45) is 0 Å². The summed E-state index contributed by atoms with van der Waals surface area (Å²) >= 11 is 0. The van der Waals surface area contributed by atoms with Crippen LogP contribution in [0.4, 0.5) is 0 Å². The Labute approximate surface area is 151 Å². The van der Waals surface area contributed by atoms with Gasteiger partial charge in [0.2, 0.25) is 0 Å². The van der Waals surface area contributed by atoms with E-state index in [4.69, 9.17) is 0 Å². The van der Waals surface area contributed by atoms with Crippen LogP contribution < -0.4 is 5.32 Å². The molecule has 2 heterocycles. The second kappa shape index (κ2) is 7.19. The summed E-state index contributed by atoms with van der Waals surface area (Å²) in [5.74, 6) is -0.184. The molecule has 0 fully saturated rings. The van der Waals surface area contributed by atoms with Gasteiger partial charge in [0.05, 0.1) is 17.9 Å². The Morgan fingerprint density at radius 3 is 2.62 bits per heavy atom. The summed E-state index contributed by atoms with van der Waals surface area (Å²) in [5.41, 5.74) is 2.34. The Morgan fingerprint density at radius 1 is 1.00 bits per heavy atom. The summed E-state index contributed by atoms with van der Waals surface area (Å²) in [4.78, 5) is 21.2. The van der Waals surface area contributed by atoms with Crippen molar-refractivity contribution in [3.8, 4) is 0 Å². The van der Waals surface area contributed by atoms with Gasteiger partial charge in [-0.2, -0.15) is 0 Å². The van der Waals surface area contributed by atoms with Gasteiger partial charge in [-0.25, -0.2) is 9.97 Å². The first-order chi connectivity index (χ1) is 12.8. The van der Waals surface area contributed by atoms with Crippen molar-refractivity contribution in [1.82, 2.24) is 19.9 Å². The van der Waals surface area contributed by atoms with Crippen LogP contribution in [0.3, 0.4) is 0 Å². The molecule has 1 unspecified atom stereocenters. The molecule has 0 bridgehead atoms. The fourth-order valence-corrected chi connectivity index (χ4v) is 3.00. The van der Waals surface area contributed by atoms with Crippen molar-refractivity contribution >= 4 is 16.8 Å². The van der Waals surface area contributed by atoms with Crippen molar-refractivity contribution in [2.75, 3.05) is 6.54 Å². The summed E-state index contributed by atoms with van der Waals surface area (Å²) in [6.07, 6.45) is 5.40. The molecule has 4 aromatic rings. The first kappa shape index (κ1) is 16.0. The Hall–Kier alpha value is -3.47. The van der Waals surface area contributed by atoms with Crippen LogP contribution in [0.5, 0.6) is 0 Å². The van der Waals surface area contributed by atoms with Crippen molar-refractivity contribution in [3.63, 3.8) is 0 Å². The van der Waals surface area contributed by atoms with Crippen LogP contribution in [0.25, 0.3) is 10.9 Å². The third kappa shape index (κ3) is 3.32. The molecule has 0 aliphatic carbocycles. The lowest BCUT2D eigenvalue weighted by Crippen LogP contribution is -2.31. The maximum atomic E-state index is 12.6. The number of nitrogens with zero attached hydrogens (tertiary/aromatic N) is 3. The number of pyridine rings is 1. The standard InChI is InChI=1S/C21H18N4O/c26-21(19-11-10-16-6-4-5-9-18(16)24-19)23-14-20(25-13-12-22-15-25)17-7-2-1-3-8-17/h1-13,15,20H,14H2,(H,23,26). The normalized spacial score (nSPS) is 12.0. The third-order valence-electron chi connectivity index (χ3n) is 4.36. The quantitative estimate of drug-likeness (QED) is 0.604. The van der Waals surface area contributed by atoms with Crippen molar-refractivity contribution in [2.45, 2.75) is 6.04 Å². The van der Waals surface area contributed by atoms with Crippen molar-refractivity contribution in [3.05, 3.63) is 96.7 Å². The molecule has 1 N–H and O–H groups in total. The number of fused-ring (bicyclic) bond motifs is 1. The average Bonchev–Trinajstić information content (AvgIpc) is 3.23. The van der Waals surface area contributed by atoms with Gasteiger partial charge in [-0.3, -0.25) is 4.79 Å². The van der Waals surface area contributed by atoms with E-state index in [1.165, 1.54) is 0 Å². The zero-order valence-electron chi connectivity index (χ0n) is 14.1. The van der Waals surface area contributed by atoms with Gasteiger partial charge in [0, 0.05) is 24.3 Å². The van der Waals surface area contributed by atoms with Gasteiger partial charge in [0.1, 0.15) is 5.69 Å². The fourth-order valence-electron chi connectivity index (χ4n) is 3.00. The highest BCUT2D eigenvalue weighted by Gasteiger charge is 2.15. The van der Waals surface area contributed by atoms with E-state index >= 15 is 0 Å². The van der Waals surface area contributed by atoms with Crippen LogP contribution in [0.1, 0.15) is 22.1 Å². The molecule has 1 atom stereocenters. The van der Waals surface area contributed by atoms with E-state index < -0.39 is 0 Å². The minimum Gasteiger partial charge on any atom is -0.348 e. The molecule has 0 aliphatic rings. The van der Waals surface area contributed by atoms with Crippen LogP contribution in [-0.2, 0) is 0 Å². The number of rotatable bonds is 5. The number of benzene rings is 2. The summed E-state index contributed by atoms with van der Waals surface area (Å²) in [6.45, 7) is 0.452. The lowest BCUT2D eigenvalue weighted by Gasteiger charge is -2.19. The Kier molecular flexibility index (Phi) is 4.43. The van der Waals surface area contributed by atoms with Crippen molar-refractivity contribution < 1.29 is 4.79 Å². The lowest BCUT2D eigenvalue weighted by atomic mass is 10.1. The van der Waals surface area contributed by atoms with Gasteiger partial charge in [-0.15, -0.1) is 0 Å². The molecule has 0 radical (unpaired) electrons. The average molecular weight is 342 g/mol. The van der Waals surface area contributed by atoms with Gasteiger partial charge in [0.25, 0.3) is 5.91 Å². The highest BCUT2D eigenvalue weighted by atomic mass is 16.1. The maximum absolute atomic E-state index is 12.6. The van der Waals surface area contributed by atoms with E-state index in [9.17, 15) is 4.79 Å². The molecule has 5 heteroatoms. The van der Waals surface area contributed by atoms with Crippen LogP contribution in [0.2, 0.25) is 0 Å². The Bertz CT molecular complexity index is 1010. The number of nitrogens with one attached hydrogen (secondary N) is 1. The highest BCUT2D eigenvalue weighted by Crippen LogP contribution is 2.17. The summed E-state index contributed by atoms with van der Waals surface area (Å²) in [7, 11) is 0. The fraction of sp³-hybridized carbons (Fsp3) is 0.0952. The van der Waals surface area contributed by atoms with Crippen LogP contribution in [0.15, 0.2) is 85.5 Å². The maximum Gasteiger partial charge on any atom is 0.269 e. The molecule has 0 spiro atoms. The molecule has 26 heavy (non-hydrogen) atoms. The molecule has 1 amide bonds. The van der Waals surface area contributed by atoms with Gasteiger partial charge >= 0.3 is 0 Å². The number of carbonyl (C=O) groups is 1. The van der Waals surface area contributed by atoms with Crippen LogP contribution in [0, 0.1) is 0 Å². The van der Waals surface area contributed by atoms with Gasteiger partial charge in [-0.1, -0.05) is 54.6 Å². The number of amides is 1. The van der Waals surface area contributed by atoms with E-state index in [1.807, 2.05) is 71.4 Å². The van der Waals surface area contributed by atoms with Crippen LogP contribution in [-0.4, -0.2) is 27.0 Å². The first-order valence-electron chi connectivity index (χ1n) is 8.47. The lowest BCUT2D eigenvalue weighted by molar-refractivity contribution is 0.0945. The molecule has 0 saturated carbocycles. The van der Waals surface area contributed by atoms with E-state index in [0.717, 1.165) is 16.5 Å². The predicted molar refractivity (Wildman–Crippen MR) is 101 cm³/mol. The molecule has 2 aromatic heterocycles. The second-order valence-corrected chi connectivity index (χ2v) is 6.04. The van der Waals surface area contributed by atoms with Gasteiger partial charge < -0.3 is 9.88 Å². The monoisotopic (exact) mass is 342 g/mol. The molecule has 5 nitrogen and oxygen atoms in total. The molecular formula is C21H18N4O. The smallest absolute Gasteiger partial charge is 0.269 e. The van der Waals surface area contributed by atoms with Gasteiger partial charge in [0.15, 0.2) is 0 Å². The molecule has 2 aromatic carbocycles. The van der Waals surface area contributed by atoms with E-state index in [2.05, 4.69) is 15.3 Å². The second-order valence-electron chi connectivity index (χ2n) is 6.04. The summed E-state index contributed by atoms with van der Waals surface area (Å²) in [5, 5.41) is 4.02. The third-order valence-corrected chi connectivity index (χ3v) is 4.36. The van der Waals surface area contributed by atoms with Crippen LogP contribution >= 0.6 is 0 Å². The Morgan fingerprint density at radius 2 is 1.81 bits per heavy atom. The number of aromatic nitrogens is 3. The Balaban J connectivity index is 1.54. The SMILES string of the molecule is O=C(NCC(c1ccccc1)n1ccnc1)c1ccc2ccccc2n1. The molecule has 128 valence electrons. The predicted octanol–water partition coefficient (Wildman–Crippen LogP) is 3.45. The minimum atomic E-state index is -0.184. The van der Waals surface area contributed by atoms with E-state index in [0.29, 0.717) is 12.2 Å². The van der Waals surface area contributed by atoms with E-state index in [-0.39, 0.29) is 11.9 Å². The molecule has 4 rings (SSSR count). The molecule has 0 aliphatic heterocycles. The number of carbonyl (C=O) groups excluding carboxylic acids is 1. The van der Waals surface area contributed by atoms with E-state index in [1.54, 1.807) is 18.6 Å². The largest absolute Gasteiger partial charge is 0.348 e. The zero-order valence-corrected chi connectivity index (χ0v) is 14.1. The molecule has 0 saturated heterocycles. The number of para-hydroxylation sites is 1. The van der Waals surface area contributed by atoms with Crippen molar-refractivity contribution in [1.29, 1.82) is 0 Å². The summed E-state index contributed by atoms with van der Waals surface area (Å²) < 4.78 is 1.99. The summed E-state index contributed by atoms with van der Waals surface area (Å²) in [6, 6.07) is 21.5. The number of hydrogen-bond acceptors (Lipinski definition) is 3. The van der Waals surface area contributed by atoms with Gasteiger partial charge in [-0.05, 0) is 17.7 Å². The molecular weight excluding hydrogens is 324 g/mol. The number of hydrogen-bond donors (Lipinski definition) is 1. The first-order valence-corrected chi connectivity index (χ1v) is 8.47. The topological polar surface area (TPSA) is 59.8 Å². The zero-order chi connectivity index (χ0) is 17.8. The highest BCUT2D eigenvalue weighted by molar-refractivity contribution is 5.94.